The van der Waals surface area contributed by atoms with E-state index < -0.39 is 17.6 Å². The first-order chi connectivity index (χ1) is 15.7. The molecule has 0 saturated carbocycles. The summed E-state index contributed by atoms with van der Waals surface area (Å²) in [7, 11) is 0. The maximum absolute atomic E-state index is 14.8. The van der Waals surface area contributed by atoms with Gasteiger partial charge in [0.25, 0.3) is 0 Å². The molecule has 0 saturated heterocycles. The highest BCUT2D eigenvalue weighted by Crippen LogP contribution is 2.34. The van der Waals surface area contributed by atoms with Crippen LogP contribution in [-0.2, 0) is 12.8 Å². The van der Waals surface area contributed by atoms with Crippen molar-refractivity contribution in [2.45, 2.75) is 32.5 Å². The Hall–Kier alpha value is -3.19. The Labute approximate surface area is 193 Å². The molecule has 0 radical (unpaired) electrons. The van der Waals surface area contributed by atoms with Gasteiger partial charge in [0.1, 0.15) is 18.2 Å². The van der Waals surface area contributed by atoms with Gasteiger partial charge in [-0.2, -0.15) is 13.2 Å². The molecular formula is C26H21F4NOS. The Bertz CT molecular complexity index is 1250. The van der Waals surface area contributed by atoms with Crippen molar-refractivity contribution < 1.29 is 22.3 Å². The number of alkyl halides is 3. The van der Waals surface area contributed by atoms with Crippen LogP contribution in [0.1, 0.15) is 35.9 Å². The third-order valence-corrected chi connectivity index (χ3v) is 6.31. The van der Waals surface area contributed by atoms with Crippen LogP contribution >= 0.6 is 11.3 Å². The molecule has 4 rings (SSSR count). The quantitative estimate of drug-likeness (QED) is 0.264. The average Bonchev–Trinajstić information content (AvgIpc) is 3.28. The van der Waals surface area contributed by atoms with Gasteiger partial charge in [-0.3, -0.25) is 0 Å². The average molecular weight is 472 g/mol. The zero-order valence-electron chi connectivity index (χ0n) is 18.0. The van der Waals surface area contributed by atoms with Crippen LogP contribution in [0.4, 0.5) is 17.6 Å². The van der Waals surface area contributed by atoms with Crippen LogP contribution in [0.3, 0.4) is 0 Å². The molecule has 0 aliphatic heterocycles. The highest BCUT2D eigenvalue weighted by Gasteiger charge is 2.30. The summed E-state index contributed by atoms with van der Waals surface area (Å²) in [5, 5.41) is 3.02. The van der Waals surface area contributed by atoms with Crippen molar-refractivity contribution in [2.75, 3.05) is 0 Å². The summed E-state index contributed by atoms with van der Waals surface area (Å²) in [6.45, 7) is 4.18. The smallest absolute Gasteiger partial charge is 0.416 e. The maximum atomic E-state index is 14.8. The number of hydrogen-bond acceptors (Lipinski definition) is 3. The first kappa shape index (κ1) is 23.0. The van der Waals surface area contributed by atoms with Gasteiger partial charge in [-0.1, -0.05) is 50.2 Å². The Kier molecular flexibility index (Phi) is 6.51. The molecule has 0 fully saturated rings. The number of hydrogen-bond donors (Lipinski definition) is 0. The van der Waals surface area contributed by atoms with Gasteiger partial charge in [-0.15, -0.1) is 11.3 Å². The molecule has 7 heteroatoms. The minimum absolute atomic E-state index is 0.0112. The summed E-state index contributed by atoms with van der Waals surface area (Å²) in [5.41, 5.74) is 2.26. The molecule has 0 N–H and O–H groups in total. The summed E-state index contributed by atoms with van der Waals surface area (Å²) in [6.07, 6.45) is -4.41. The van der Waals surface area contributed by atoms with Gasteiger partial charge < -0.3 is 4.74 Å². The normalized spacial score (nSPS) is 11.7. The topological polar surface area (TPSA) is 22.1 Å². The first-order valence-corrected chi connectivity index (χ1v) is 11.2. The predicted octanol–water partition coefficient (Wildman–Crippen LogP) is 8.34. The number of nitrogens with zero attached hydrogens (tertiary/aromatic N) is 1. The molecule has 0 spiro atoms. The van der Waals surface area contributed by atoms with Crippen molar-refractivity contribution in [3.63, 3.8) is 0 Å². The fourth-order valence-corrected chi connectivity index (χ4v) is 4.17. The van der Waals surface area contributed by atoms with Crippen LogP contribution in [0.5, 0.6) is 5.75 Å². The first-order valence-electron chi connectivity index (χ1n) is 10.4. The Morgan fingerprint density at radius 2 is 1.64 bits per heavy atom. The maximum Gasteiger partial charge on any atom is 0.416 e. The molecular weight excluding hydrogens is 450 g/mol. The lowest BCUT2D eigenvalue weighted by Crippen LogP contribution is -2.04. The van der Waals surface area contributed by atoms with Crippen LogP contribution in [0.25, 0.3) is 22.4 Å². The monoisotopic (exact) mass is 471 g/mol. The van der Waals surface area contributed by atoms with Gasteiger partial charge in [0.2, 0.25) is 0 Å². The molecule has 3 aromatic carbocycles. The Morgan fingerprint density at radius 3 is 2.27 bits per heavy atom. The van der Waals surface area contributed by atoms with Gasteiger partial charge >= 0.3 is 6.18 Å². The van der Waals surface area contributed by atoms with Gasteiger partial charge in [0.15, 0.2) is 0 Å². The van der Waals surface area contributed by atoms with E-state index in [0.717, 1.165) is 28.4 Å². The number of benzene rings is 3. The molecule has 0 unspecified atom stereocenters. The third-order valence-electron chi connectivity index (χ3n) is 5.16. The number of halogens is 4. The van der Waals surface area contributed by atoms with Gasteiger partial charge in [-0.05, 0) is 41.5 Å². The summed E-state index contributed by atoms with van der Waals surface area (Å²) < 4.78 is 59.0. The van der Waals surface area contributed by atoms with Gasteiger partial charge in [-0.25, -0.2) is 9.37 Å². The van der Waals surface area contributed by atoms with Gasteiger partial charge in [0, 0.05) is 22.4 Å². The molecule has 0 aliphatic carbocycles. The molecule has 170 valence electrons. The van der Waals surface area contributed by atoms with E-state index in [1.54, 1.807) is 23.5 Å². The lowest BCUT2D eigenvalue weighted by atomic mass is 10.0. The second-order valence-corrected chi connectivity index (χ2v) is 8.78. The number of para-hydroxylation sites is 1. The molecule has 1 aromatic heterocycles. The summed E-state index contributed by atoms with van der Waals surface area (Å²) in [6, 6.07) is 16.7. The van der Waals surface area contributed by atoms with Crippen LogP contribution < -0.4 is 4.74 Å². The molecule has 0 atom stereocenters. The van der Waals surface area contributed by atoms with E-state index in [0.29, 0.717) is 28.4 Å². The highest BCUT2D eigenvalue weighted by atomic mass is 32.1. The molecule has 0 aliphatic rings. The minimum atomic E-state index is -4.41. The van der Waals surface area contributed by atoms with Crippen molar-refractivity contribution in [1.82, 2.24) is 4.98 Å². The SMILES string of the molecule is CC(C)c1nc(-c2ccccc2OCc2ccc(-c3ccc(C(F)(F)F)cc3)cc2F)cs1. The lowest BCUT2D eigenvalue weighted by Gasteiger charge is -2.12. The van der Waals surface area contributed by atoms with Gasteiger partial charge in [0.05, 0.1) is 16.3 Å². The summed E-state index contributed by atoms with van der Waals surface area (Å²) >= 11 is 1.59. The van der Waals surface area contributed by atoms with Crippen molar-refractivity contribution >= 4 is 11.3 Å². The van der Waals surface area contributed by atoms with Crippen LogP contribution in [0, 0.1) is 5.82 Å². The van der Waals surface area contributed by atoms with E-state index in [-0.39, 0.29) is 6.61 Å². The summed E-state index contributed by atoms with van der Waals surface area (Å²) in [4.78, 5) is 4.67. The van der Waals surface area contributed by atoms with E-state index in [4.69, 9.17) is 4.74 Å². The molecule has 33 heavy (non-hydrogen) atoms. The molecule has 1 heterocycles. The molecule has 4 aromatic rings. The lowest BCUT2D eigenvalue weighted by molar-refractivity contribution is -0.137. The minimum Gasteiger partial charge on any atom is -0.488 e. The number of ether oxygens (including phenoxy) is 1. The standard InChI is InChI=1S/C26H21F4NOS/c1-16(2)25-31-23(15-33-25)21-5-3-4-6-24(21)32-14-19-8-7-18(13-22(19)27)17-9-11-20(12-10-17)26(28,29)30/h3-13,15-16H,14H2,1-2H3. The number of aromatic nitrogens is 1. The fraction of sp³-hybridized carbons (Fsp3) is 0.192. The predicted molar refractivity (Wildman–Crippen MR) is 123 cm³/mol. The van der Waals surface area contributed by atoms with Crippen LogP contribution in [-0.4, -0.2) is 4.98 Å². The highest BCUT2D eigenvalue weighted by molar-refractivity contribution is 7.10. The van der Waals surface area contributed by atoms with E-state index in [1.807, 2.05) is 29.6 Å². The van der Waals surface area contributed by atoms with Crippen LogP contribution in [0.2, 0.25) is 0 Å². The zero-order valence-corrected chi connectivity index (χ0v) is 18.8. The third kappa shape index (κ3) is 5.25. The fourth-order valence-electron chi connectivity index (χ4n) is 3.33. The van der Waals surface area contributed by atoms with E-state index >= 15 is 0 Å². The second-order valence-electron chi connectivity index (χ2n) is 7.89. The van der Waals surface area contributed by atoms with E-state index in [1.165, 1.54) is 18.2 Å². The Morgan fingerprint density at radius 1 is 0.939 bits per heavy atom. The number of thiazole rings is 1. The largest absolute Gasteiger partial charge is 0.488 e. The Balaban J connectivity index is 1.51. The van der Waals surface area contributed by atoms with E-state index in [2.05, 4.69) is 18.8 Å². The van der Waals surface area contributed by atoms with E-state index in [9.17, 15) is 17.6 Å². The summed E-state index contributed by atoms with van der Waals surface area (Å²) in [5.74, 6) is 0.444. The number of rotatable bonds is 6. The molecule has 0 amide bonds. The zero-order chi connectivity index (χ0) is 23.6. The van der Waals surface area contributed by atoms with Crippen molar-refractivity contribution in [3.8, 4) is 28.1 Å². The molecule has 0 bridgehead atoms. The van der Waals surface area contributed by atoms with Crippen molar-refractivity contribution in [1.29, 1.82) is 0 Å². The van der Waals surface area contributed by atoms with Crippen molar-refractivity contribution in [2.24, 2.45) is 0 Å². The molecule has 2 nitrogen and oxygen atoms in total. The van der Waals surface area contributed by atoms with Crippen LogP contribution in [0.15, 0.2) is 72.1 Å². The van der Waals surface area contributed by atoms with Crippen molar-refractivity contribution in [3.05, 3.63) is 94.1 Å². The second kappa shape index (κ2) is 9.35.